The minimum atomic E-state index is -0.0325. The van der Waals surface area contributed by atoms with E-state index in [2.05, 4.69) is 24.4 Å². The van der Waals surface area contributed by atoms with E-state index in [4.69, 9.17) is 5.73 Å². The second kappa shape index (κ2) is 5.96. The van der Waals surface area contributed by atoms with E-state index < -0.39 is 0 Å². The molecule has 0 aliphatic heterocycles. The molecule has 2 aromatic rings. The zero-order valence-electron chi connectivity index (χ0n) is 11.9. The molecule has 5 heteroatoms. The van der Waals surface area contributed by atoms with E-state index in [0.717, 1.165) is 5.69 Å². The highest BCUT2D eigenvalue weighted by Crippen LogP contribution is 2.23. The number of hydrogen-bond donors (Lipinski definition) is 2. The number of nitrogen functional groups attached to an aromatic ring is 1. The molecule has 1 aromatic heterocycles. The highest BCUT2D eigenvalue weighted by atomic mass is 32.1. The number of nitrogens with one attached hydrogen (secondary N) is 1. The van der Waals surface area contributed by atoms with E-state index in [1.165, 1.54) is 9.75 Å². The van der Waals surface area contributed by atoms with Gasteiger partial charge in [-0.3, -0.25) is 4.79 Å². The summed E-state index contributed by atoms with van der Waals surface area (Å²) in [5.74, 6) is -0.0325. The number of nitrogens with two attached hydrogens (primary N) is 1. The SMILES string of the molecule is Cc1ccc(CNc2cc(N)ccc2C(=O)N(C)C)s1. The van der Waals surface area contributed by atoms with E-state index in [0.29, 0.717) is 17.8 Å². The highest BCUT2D eigenvalue weighted by Gasteiger charge is 2.13. The van der Waals surface area contributed by atoms with Crippen molar-refractivity contribution in [3.63, 3.8) is 0 Å². The van der Waals surface area contributed by atoms with E-state index in [1.807, 2.05) is 0 Å². The maximum absolute atomic E-state index is 12.1. The molecule has 0 aliphatic rings. The predicted molar refractivity (Wildman–Crippen MR) is 85.3 cm³/mol. The van der Waals surface area contributed by atoms with Crippen molar-refractivity contribution in [2.45, 2.75) is 13.5 Å². The van der Waals surface area contributed by atoms with Crippen LogP contribution in [0, 0.1) is 6.92 Å². The van der Waals surface area contributed by atoms with Crippen molar-refractivity contribution in [1.29, 1.82) is 0 Å². The quantitative estimate of drug-likeness (QED) is 0.851. The van der Waals surface area contributed by atoms with Gasteiger partial charge in [0, 0.05) is 41.8 Å². The first-order valence-corrected chi connectivity index (χ1v) is 7.19. The molecule has 106 valence electrons. The Morgan fingerprint density at radius 3 is 2.65 bits per heavy atom. The maximum atomic E-state index is 12.1. The van der Waals surface area contributed by atoms with Crippen LogP contribution in [0.4, 0.5) is 11.4 Å². The molecule has 0 radical (unpaired) electrons. The fourth-order valence-corrected chi connectivity index (χ4v) is 2.73. The van der Waals surface area contributed by atoms with Crippen LogP contribution >= 0.6 is 11.3 Å². The third kappa shape index (κ3) is 3.30. The molecule has 0 saturated carbocycles. The number of thiophene rings is 1. The van der Waals surface area contributed by atoms with Crippen LogP contribution < -0.4 is 11.1 Å². The molecule has 0 unspecified atom stereocenters. The summed E-state index contributed by atoms with van der Waals surface area (Å²) in [6, 6.07) is 9.49. The molecule has 1 heterocycles. The van der Waals surface area contributed by atoms with Gasteiger partial charge in [-0.1, -0.05) is 0 Å². The molecule has 20 heavy (non-hydrogen) atoms. The summed E-state index contributed by atoms with van der Waals surface area (Å²) in [7, 11) is 3.48. The van der Waals surface area contributed by atoms with Gasteiger partial charge in [0.1, 0.15) is 0 Å². The van der Waals surface area contributed by atoms with Crippen molar-refractivity contribution in [3.05, 3.63) is 45.6 Å². The summed E-state index contributed by atoms with van der Waals surface area (Å²) in [4.78, 5) is 16.2. The summed E-state index contributed by atoms with van der Waals surface area (Å²) in [6.45, 7) is 2.77. The minimum Gasteiger partial charge on any atom is -0.399 e. The van der Waals surface area contributed by atoms with Gasteiger partial charge in [-0.2, -0.15) is 0 Å². The Morgan fingerprint density at radius 1 is 1.30 bits per heavy atom. The Kier molecular flexibility index (Phi) is 4.29. The Balaban J connectivity index is 2.21. The van der Waals surface area contributed by atoms with Crippen LogP contribution in [0.3, 0.4) is 0 Å². The zero-order chi connectivity index (χ0) is 14.7. The lowest BCUT2D eigenvalue weighted by Crippen LogP contribution is -2.23. The largest absolute Gasteiger partial charge is 0.399 e. The molecule has 1 aromatic carbocycles. The number of amides is 1. The topological polar surface area (TPSA) is 58.4 Å². The lowest BCUT2D eigenvalue weighted by Gasteiger charge is -2.15. The summed E-state index contributed by atoms with van der Waals surface area (Å²) < 4.78 is 0. The van der Waals surface area contributed by atoms with E-state index in [1.54, 1.807) is 48.5 Å². The molecular weight excluding hydrogens is 270 g/mol. The number of nitrogens with zero attached hydrogens (tertiary/aromatic N) is 1. The van der Waals surface area contributed by atoms with Crippen LogP contribution in [0.15, 0.2) is 30.3 Å². The van der Waals surface area contributed by atoms with Gasteiger partial charge in [0.05, 0.1) is 5.56 Å². The van der Waals surface area contributed by atoms with Gasteiger partial charge in [0.15, 0.2) is 0 Å². The maximum Gasteiger partial charge on any atom is 0.255 e. The van der Waals surface area contributed by atoms with Gasteiger partial charge >= 0.3 is 0 Å². The fourth-order valence-electron chi connectivity index (χ4n) is 1.90. The summed E-state index contributed by atoms with van der Waals surface area (Å²) >= 11 is 1.74. The van der Waals surface area contributed by atoms with Crippen LogP contribution in [0.2, 0.25) is 0 Å². The number of carbonyl (C=O) groups is 1. The molecule has 0 fully saturated rings. The number of rotatable bonds is 4. The molecule has 1 amide bonds. The minimum absolute atomic E-state index is 0.0325. The van der Waals surface area contributed by atoms with Crippen molar-refractivity contribution in [2.24, 2.45) is 0 Å². The third-order valence-electron chi connectivity index (χ3n) is 2.93. The first-order valence-electron chi connectivity index (χ1n) is 6.37. The van der Waals surface area contributed by atoms with Gasteiger partial charge in [-0.05, 0) is 37.3 Å². The van der Waals surface area contributed by atoms with Crippen molar-refractivity contribution >= 4 is 28.6 Å². The number of aryl methyl sites for hydroxylation is 1. The number of anilines is 2. The molecule has 4 nitrogen and oxygen atoms in total. The van der Waals surface area contributed by atoms with Gasteiger partial charge in [0.2, 0.25) is 0 Å². The summed E-state index contributed by atoms with van der Waals surface area (Å²) in [5.41, 5.74) is 7.87. The Bertz CT molecular complexity index is 619. The summed E-state index contributed by atoms with van der Waals surface area (Å²) in [5, 5.41) is 3.30. The van der Waals surface area contributed by atoms with Crippen molar-refractivity contribution in [3.8, 4) is 0 Å². The highest BCUT2D eigenvalue weighted by molar-refractivity contribution is 7.11. The van der Waals surface area contributed by atoms with Crippen LogP contribution in [0.1, 0.15) is 20.1 Å². The molecule has 3 N–H and O–H groups in total. The van der Waals surface area contributed by atoms with Crippen molar-refractivity contribution in [2.75, 3.05) is 25.1 Å². The molecule has 2 rings (SSSR count). The second-order valence-electron chi connectivity index (χ2n) is 4.87. The number of benzene rings is 1. The van der Waals surface area contributed by atoms with Crippen molar-refractivity contribution < 1.29 is 4.79 Å². The first-order chi connectivity index (χ1) is 9.47. The molecule has 0 saturated heterocycles. The fraction of sp³-hybridized carbons (Fsp3) is 0.267. The lowest BCUT2D eigenvalue weighted by atomic mass is 10.1. The molecule has 0 atom stereocenters. The van der Waals surface area contributed by atoms with Crippen LogP contribution in [-0.2, 0) is 6.54 Å². The monoisotopic (exact) mass is 289 g/mol. The zero-order valence-corrected chi connectivity index (χ0v) is 12.8. The molecule has 0 spiro atoms. The van der Waals surface area contributed by atoms with E-state index in [-0.39, 0.29) is 5.91 Å². The molecule has 0 bridgehead atoms. The Labute approximate surface area is 123 Å². The lowest BCUT2D eigenvalue weighted by molar-refractivity contribution is 0.0828. The molecule has 0 aliphatic carbocycles. The van der Waals surface area contributed by atoms with Gasteiger partial charge in [-0.25, -0.2) is 0 Å². The smallest absolute Gasteiger partial charge is 0.255 e. The van der Waals surface area contributed by atoms with Gasteiger partial charge in [0.25, 0.3) is 5.91 Å². The van der Waals surface area contributed by atoms with Gasteiger partial charge in [-0.15, -0.1) is 11.3 Å². The Morgan fingerprint density at radius 2 is 2.05 bits per heavy atom. The predicted octanol–water partition coefficient (Wildman–Crippen LogP) is 2.95. The summed E-state index contributed by atoms with van der Waals surface area (Å²) in [6.07, 6.45) is 0. The van der Waals surface area contributed by atoms with Gasteiger partial charge < -0.3 is 16.0 Å². The van der Waals surface area contributed by atoms with Crippen LogP contribution in [0.5, 0.6) is 0 Å². The van der Waals surface area contributed by atoms with Crippen molar-refractivity contribution in [1.82, 2.24) is 4.90 Å². The average molecular weight is 289 g/mol. The first kappa shape index (κ1) is 14.4. The molecular formula is C15H19N3OS. The van der Waals surface area contributed by atoms with E-state index >= 15 is 0 Å². The van der Waals surface area contributed by atoms with E-state index in [9.17, 15) is 4.79 Å². The average Bonchev–Trinajstić information content (AvgIpc) is 2.81. The third-order valence-corrected chi connectivity index (χ3v) is 3.93. The second-order valence-corrected chi connectivity index (χ2v) is 6.24. The van der Waals surface area contributed by atoms with Crippen LogP contribution in [0.25, 0.3) is 0 Å². The van der Waals surface area contributed by atoms with Crippen LogP contribution in [-0.4, -0.2) is 24.9 Å². The standard InChI is InChI=1S/C15H19N3OS/c1-10-4-6-12(20-10)9-17-14-8-11(16)5-7-13(14)15(19)18(2)3/h4-8,17H,9,16H2,1-3H3. The Hall–Kier alpha value is -2.01. The number of hydrogen-bond acceptors (Lipinski definition) is 4. The normalized spacial score (nSPS) is 10.3. The number of carbonyl (C=O) groups excluding carboxylic acids is 1.